The Bertz CT molecular complexity index is 617. The van der Waals surface area contributed by atoms with Crippen molar-refractivity contribution in [3.63, 3.8) is 0 Å². The van der Waals surface area contributed by atoms with Gasteiger partial charge in [-0.05, 0) is 12.1 Å². The van der Waals surface area contributed by atoms with Gasteiger partial charge in [-0.3, -0.25) is 4.79 Å². The van der Waals surface area contributed by atoms with Gasteiger partial charge in [0.1, 0.15) is 12.8 Å². The zero-order valence-electron chi connectivity index (χ0n) is 8.46. The fourth-order valence-electron chi connectivity index (χ4n) is 1.26. The average molecular weight is 238 g/mol. The van der Waals surface area contributed by atoms with Crippen molar-refractivity contribution < 1.29 is 18.7 Å². The van der Waals surface area contributed by atoms with Crippen molar-refractivity contribution in [2.45, 2.75) is 6.54 Å². The van der Waals surface area contributed by atoms with Crippen LogP contribution in [0.3, 0.4) is 0 Å². The highest BCUT2D eigenvalue weighted by Crippen LogP contribution is 2.03. The fraction of sp³-hybridized carbons (Fsp3) is 0.100. The minimum absolute atomic E-state index is 0.0232. The van der Waals surface area contributed by atoms with E-state index in [1.807, 2.05) is 0 Å². The molecule has 0 saturated carbocycles. The Morgan fingerprint density at radius 2 is 2.35 bits per heavy atom. The van der Waals surface area contributed by atoms with E-state index < -0.39 is 17.3 Å². The summed E-state index contributed by atoms with van der Waals surface area (Å²) in [5.41, 5.74) is -1.08. The Labute approximate surface area is 93.9 Å². The predicted molar refractivity (Wildman–Crippen MR) is 53.2 cm³/mol. The zero-order chi connectivity index (χ0) is 12.4. The van der Waals surface area contributed by atoms with Crippen LogP contribution < -0.4 is 5.56 Å². The topological polar surface area (TPSA) is 85.3 Å². The van der Waals surface area contributed by atoms with Crippen LogP contribution in [0.5, 0.6) is 0 Å². The fourth-order valence-corrected chi connectivity index (χ4v) is 1.26. The minimum Gasteiger partial charge on any atom is -0.476 e. The number of hydrogen-bond donors (Lipinski definition) is 1. The van der Waals surface area contributed by atoms with E-state index in [4.69, 9.17) is 9.52 Å². The summed E-state index contributed by atoms with van der Waals surface area (Å²) in [6.45, 7) is -0.121. The van der Waals surface area contributed by atoms with Gasteiger partial charge in [-0.1, -0.05) is 0 Å². The van der Waals surface area contributed by atoms with E-state index in [1.54, 1.807) is 0 Å². The molecule has 0 amide bonds. The number of aromatic carboxylic acids is 1. The van der Waals surface area contributed by atoms with Crippen molar-refractivity contribution in [1.29, 1.82) is 0 Å². The summed E-state index contributed by atoms with van der Waals surface area (Å²) in [5.74, 6) is -2.10. The van der Waals surface area contributed by atoms with Gasteiger partial charge in [0.2, 0.25) is 5.89 Å². The lowest BCUT2D eigenvalue weighted by Crippen LogP contribution is -2.22. The predicted octanol–water partition coefficient (Wildman–Crippen LogP) is 0.722. The van der Waals surface area contributed by atoms with E-state index in [0.29, 0.717) is 0 Å². The summed E-state index contributed by atoms with van der Waals surface area (Å²) in [4.78, 5) is 25.5. The summed E-state index contributed by atoms with van der Waals surface area (Å²) in [5, 5.41) is 8.61. The van der Waals surface area contributed by atoms with E-state index >= 15 is 0 Å². The zero-order valence-corrected chi connectivity index (χ0v) is 8.46. The summed E-state index contributed by atoms with van der Waals surface area (Å²) in [6.07, 6.45) is 2.32. The van der Waals surface area contributed by atoms with Crippen molar-refractivity contribution in [3.05, 3.63) is 52.3 Å². The maximum atomic E-state index is 12.9. The van der Waals surface area contributed by atoms with Gasteiger partial charge in [0.05, 0.1) is 0 Å². The lowest BCUT2D eigenvalue weighted by atomic mass is 10.4. The molecule has 17 heavy (non-hydrogen) atoms. The molecule has 0 spiro atoms. The van der Waals surface area contributed by atoms with Crippen LogP contribution in [-0.2, 0) is 6.54 Å². The second-order valence-corrected chi connectivity index (χ2v) is 3.22. The first kappa shape index (κ1) is 11.1. The third-order valence-electron chi connectivity index (χ3n) is 2.05. The Hall–Kier alpha value is -2.44. The van der Waals surface area contributed by atoms with Crippen LogP contribution in [-0.4, -0.2) is 20.6 Å². The summed E-state index contributed by atoms with van der Waals surface area (Å²) in [6, 6.07) is 2.40. The number of halogens is 1. The molecule has 2 aromatic rings. The van der Waals surface area contributed by atoms with Crippen LogP contribution in [0, 0.1) is 5.82 Å². The molecule has 0 aliphatic heterocycles. The van der Waals surface area contributed by atoms with Crippen LogP contribution in [0.25, 0.3) is 0 Å². The molecular formula is C10H7FN2O4. The highest BCUT2D eigenvalue weighted by atomic mass is 19.1. The van der Waals surface area contributed by atoms with E-state index in [-0.39, 0.29) is 18.1 Å². The standard InChI is InChI=1S/C10H7FN2O4/c11-6-2-1-3-13(9(6)14)4-8-12-7(5-17-8)10(15)16/h1-3,5H,4H2,(H,15,16). The first-order valence-electron chi connectivity index (χ1n) is 4.60. The van der Waals surface area contributed by atoms with Gasteiger partial charge in [0.25, 0.3) is 5.56 Å². The number of hydrogen-bond acceptors (Lipinski definition) is 4. The molecule has 1 N–H and O–H groups in total. The number of carbonyl (C=O) groups is 1. The number of aromatic nitrogens is 2. The molecule has 2 heterocycles. The lowest BCUT2D eigenvalue weighted by molar-refractivity contribution is 0.0690. The molecule has 6 nitrogen and oxygen atoms in total. The summed E-state index contributed by atoms with van der Waals surface area (Å²) in [7, 11) is 0. The second-order valence-electron chi connectivity index (χ2n) is 3.22. The molecule has 0 aromatic carbocycles. The maximum Gasteiger partial charge on any atom is 0.357 e. The molecule has 0 saturated heterocycles. The number of carboxylic acids is 1. The Kier molecular flexibility index (Phi) is 2.73. The molecule has 0 atom stereocenters. The van der Waals surface area contributed by atoms with E-state index in [2.05, 4.69) is 4.98 Å². The van der Waals surface area contributed by atoms with Crippen LogP contribution in [0.1, 0.15) is 16.4 Å². The van der Waals surface area contributed by atoms with Crippen molar-refractivity contribution in [1.82, 2.24) is 9.55 Å². The van der Waals surface area contributed by atoms with Gasteiger partial charge in [0, 0.05) is 6.20 Å². The molecular weight excluding hydrogens is 231 g/mol. The van der Waals surface area contributed by atoms with E-state index in [0.717, 1.165) is 16.9 Å². The number of carboxylic acid groups (broad SMARTS) is 1. The van der Waals surface area contributed by atoms with Gasteiger partial charge in [-0.15, -0.1) is 0 Å². The third-order valence-corrected chi connectivity index (χ3v) is 2.05. The van der Waals surface area contributed by atoms with Crippen LogP contribution >= 0.6 is 0 Å². The molecule has 0 bridgehead atoms. The van der Waals surface area contributed by atoms with Crippen LogP contribution in [0.2, 0.25) is 0 Å². The monoisotopic (exact) mass is 238 g/mol. The first-order valence-corrected chi connectivity index (χ1v) is 4.60. The van der Waals surface area contributed by atoms with Gasteiger partial charge in [-0.25, -0.2) is 14.2 Å². The average Bonchev–Trinajstić information content (AvgIpc) is 2.73. The SMILES string of the molecule is O=C(O)c1coc(Cn2cccc(F)c2=O)n1. The molecule has 7 heteroatoms. The molecule has 0 aliphatic carbocycles. The molecule has 0 unspecified atom stereocenters. The van der Waals surface area contributed by atoms with Crippen LogP contribution in [0.4, 0.5) is 4.39 Å². The second kappa shape index (κ2) is 4.20. The number of nitrogens with zero attached hydrogens (tertiary/aromatic N) is 2. The lowest BCUT2D eigenvalue weighted by Gasteiger charge is -2.00. The highest BCUT2D eigenvalue weighted by Gasteiger charge is 2.11. The first-order chi connectivity index (χ1) is 8.08. The van der Waals surface area contributed by atoms with Gasteiger partial charge < -0.3 is 14.1 Å². The van der Waals surface area contributed by atoms with Gasteiger partial charge in [-0.2, -0.15) is 0 Å². The highest BCUT2D eigenvalue weighted by molar-refractivity contribution is 5.84. The smallest absolute Gasteiger partial charge is 0.357 e. The van der Waals surface area contributed by atoms with Gasteiger partial charge >= 0.3 is 5.97 Å². The van der Waals surface area contributed by atoms with Crippen molar-refractivity contribution >= 4 is 5.97 Å². The van der Waals surface area contributed by atoms with Crippen molar-refractivity contribution in [2.75, 3.05) is 0 Å². The Morgan fingerprint density at radius 1 is 1.59 bits per heavy atom. The van der Waals surface area contributed by atoms with Crippen LogP contribution in [0.15, 0.2) is 33.8 Å². The quantitative estimate of drug-likeness (QED) is 0.851. The molecule has 2 aromatic heterocycles. The number of pyridine rings is 1. The summed E-state index contributed by atoms with van der Waals surface area (Å²) < 4.78 is 18.8. The summed E-state index contributed by atoms with van der Waals surface area (Å²) >= 11 is 0. The number of rotatable bonds is 3. The molecule has 88 valence electrons. The Morgan fingerprint density at radius 3 is 3.00 bits per heavy atom. The molecule has 0 aliphatic rings. The van der Waals surface area contributed by atoms with E-state index in [1.165, 1.54) is 12.3 Å². The van der Waals surface area contributed by atoms with Crippen molar-refractivity contribution in [3.8, 4) is 0 Å². The normalized spacial score (nSPS) is 10.4. The van der Waals surface area contributed by atoms with Gasteiger partial charge in [0.15, 0.2) is 11.5 Å². The molecule has 0 radical (unpaired) electrons. The number of oxazole rings is 1. The third kappa shape index (κ3) is 2.22. The van der Waals surface area contributed by atoms with Crippen molar-refractivity contribution in [2.24, 2.45) is 0 Å². The molecule has 0 fully saturated rings. The largest absolute Gasteiger partial charge is 0.476 e. The minimum atomic E-state index is -1.23. The maximum absolute atomic E-state index is 12.9. The van der Waals surface area contributed by atoms with E-state index in [9.17, 15) is 14.0 Å². The Balaban J connectivity index is 2.28. The molecule has 2 rings (SSSR count).